The third-order valence-corrected chi connectivity index (χ3v) is 3.10. The summed E-state index contributed by atoms with van der Waals surface area (Å²) in [7, 11) is 0. The van der Waals surface area contributed by atoms with Crippen LogP contribution in [0, 0.1) is 34.0 Å². The van der Waals surface area contributed by atoms with E-state index in [4.69, 9.17) is 16.3 Å². The fraction of sp³-hybridized carbons (Fsp3) is 0.250. The molecule has 0 spiro atoms. The monoisotopic (exact) mass is 211 g/mol. The molecule has 1 amide bonds. The molecule has 3 atom stereocenters. The third-order valence-electron chi connectivity index (χ3n) is 3.10. The maximum Gasteiger partial charge on any atom is 0.239 e. The molecule has 1 aliphatic carbocycles. The van der Waals surface area contributed by atoms with Gasteiger partial charge in [0, 0.05) is 5.92 Å². The Labute approximate surface area is 92.9 Å². The molecule has 2 N–H and O–H groups in total. The summed E-state index contributed by atoms with van der Waals surface area (Å²) in [6, 6.07) is 13.0. The Kier molecular flexibility index (Phi) is 2.14. The molecule has 0 aromatic heterocycles. The number of primary amides is 1. The Bertz CT molecular complexity index is 511. The second kappa shape index (κ2) is 3.36. The summed E-state index contributed by atoms with van der Waals surface area (Å²) in [4.78, 5) is 11.3. The summed E-state index contributed by atoms with van der Waals surface area (Å²) in [5.74, 6) is -1.73. The van der Waals surface area contributed by atoms with Crippen molar-refractivity contribution in [3.63, 3.8) is 0 Å². The summed E-state index contributed by atoms with van der Waals surface area (Å²) in [6.07, 6.45) is 0. The highest BCUT2D eigenvalue weighted by atomic mass is 16.1. The molecule has 0 bridgehead atoms. The van der Waals surface area contributed by atoms with E-state index in [1.54, 1.807) is 12.1 Å². The Hall–Kier alpha value is -2.33. The second-order valence-corrected chi connectivity index (χ2v) is 3.84. The Morgan fingerprint density at radius 1 is 1.31 bits per heavy atom. The summed E-state index contributed by atoms with van der Waals surface area (Å²) < 4.78 is 0. The molecule has 0 radical (unpaired) electrons. The number of carbonyl (C=O) groups excluding carboxylic acids is 1. The molecular weight excluding hydrogens is 202 g/mol. The fourth-order valence-electron chi connectivity index (χ4n) is 2.18. The fourth-order valence-corrected chi connectivity index (χ4v) is 2.18. The van der Waals surface area contributed by atoms with Crippen LogP contribution >= 0.6 is 0 Å². The average molecular weight is 211 g/mol. The van der Waals surface area contributed by atoms with Crippen LogP contribution in [-0.2, 0) is 4.79 Å². The van der Waals surface area contributed by atoms with E-state index in [1.165, 1.54) is 0 Å². The predicted molar refractivity (Wildman–Crippen MR) is 55.5 cm³/mol. The summed E-state index contributed by atoms with van der Waals surface area (Å²) >= 11 is 0. The highest BCUT2D eigenvalue weighted by Gasteiger charge is 2.71. The van der Waals surface area contributed by atoms with Gasteiger partial charge in [-0.1, -0.05) is 30.3 Å². The van der Waals surface area contributed by atoms with Crippen molar-refractivity contribution in [3.05, 3.63) is 35.9 Å². The molecule has 1 fully saturated rings. The summed E-state index contributed by atoms with van der Waals surface area (Å²) in [5, 5.41) is 18.0. The molecule has 4 heteroatoms. The van der Waals surface area contributed by atoms with Gasteiger partial charge < -0.3 is 5.73 Å². The minimum absolute atomic E-state index is 0.388. The lowest BCUT2D eigenvalue weighted by Crippen LogP contribution is -2.26. The van der Waals surface area contributed by atoms with Gasteiger partial charge >= 0.3 is 0 Å². The summed E-state index contributed by atoms with van der Waals surface area (Å²) in [6.45, 7) is 0. The number of amides is 1. The van der Waals surface area contributed by atoms with Crippen molar-refractivity contribution in [1.82, 2.24) is 0 Å². The molecule has 1 saturated carbocycles. The van der Waals surface area contributed by atoms with Gasteiger partial charge in [0.1, 0.15) is 0 Å². The zero-order valence-corrected chi connectivity index (χ0v) is 8.42. The number of nitrogens with zero attached hydrogens (tertiary/aromatic N) is 2. The van der Waals surface area contributed by atoms with Crippen LogP contribution in [-0.4, -0.2) is 5.91 Å². The Morgan fingerprint density at radius 3 is 2.31 bits per heavy atom. The van der Waals surface area contributed by atoms with E-state index in [0.29, 0.717) is 0 Å². The first-order chi connectivity index (χ1) is 7.68. The SMILES string of the molecule is N#CC1C(c2ccccc2)C1(C#N)C(N)=O. The van der Waals surface area contributed by atoms with Crippen LogP contribution in [0.2, 0.25) is 0 Å². The van der Waals surface area contributed by atoms with E-state index in [-0.39, 0.29) is 5.92 Å². The zero-order chi connectivity index (χ0) is 11.8. The number of carbonyl (C=O) groups is 1. The number of benzene rings is 1. The van der Waals surface area contributed by atoms with Crippen molar-refractivity contribution < 1.29 is 4.79 Å². The lowest BCUT2D eigenvalue weighted by atomic mass is 10.00. The number of rotatable bonds is 2. The van der Waals surface area contributed by atoms with Gasteiger partial charge in [-0.2, -0.15) is 10.5 Å². The highest BCUT2D eigenvalue weighted by molar-refractivity contribution is 5.90. The van der Waals surface area contributed by atoms with E-state index in [9.17, 15) is 4.79 Å². The highest BCUT2D eigenvalue weighted by Crippen LogP contribution is 2.63. The standard InChI is InChI=1S/C12H9N3O/c13-6-9-10(8-4-2-1-3-5-8)12(9,7-14)11(15)16/h1-5,9-10H,(H2,15,16). The molecule has 4 nitrogen and oxygen atoms in total. The molecule has 2 rings (SSSR count). The smallest absolute Gasteiger partial charge is 0.239 e. The van der Waals surface area contributed by atoms with Crippen molar-refractivity contribution >= 4 is 5.91 Å². The Morgan fingerprint density at radius 2 is 1.94 bits per heavy atom. The molecule has 1 aromatic carbocycles. The van der Waals surface area contributed by atoms with Crippen LogP contribution in [0.25, 0.3) is 0 Å². The minimum atomic E-state index is -1.34. The molecular formula is C12H9N3O. The molecule has 0 heterocycles. The van der Waals surface area contributed by atoms with Gasteiger partial charge in [-0.25, -0.2) is 0 Å². The molecule has 3 unspecified atom stereocenters. The third kappa shape index (κ3) is 1.11. The van der Waals surface area contributed by atoms with Gasteiger partial charge in [0.25, 0.3) is 0 Å². The van der Waals surface area contributed by atoms with Gasteiger partial charge in [0.2, 0.25) is 5.91 Å². The van der Waals surface area contributed by atoms with E-state index in [2.05, 4.69) is 0 Å². The average Bonchev–Trinajstić information content (AvgIpc) is 2.99. The molecule has 1 aromatic rings. The normalized spacial score (nSPS) is 31.1. The molecule has 78 valence electrons. The largest absolute Gasteiger partial charge is 0.368 e. The first-order valence-electron chi connectivity index (χ1n) is 4.84. The van der Waals surface area contributed by atoms with E-state index >= 15 is 0 Å². The first kappa shape index (κ1) is 10.2. The van der Waals surface area contributed by atoms with E-state index < -0.39 is 17.2 Å². The van der Waals surface area contributed by atoms with Crippen molar-refractivity contribution in [2.75, 3.05) is 0 Å². The number of nitriles is 2. The number of hydrogen-bond donors (Lipinski definition) is 1. The lowest BCUT2D eigenvalue weighted by Gasteiger charge is -2.02. The van der Waals surface area contributed by atoms with Gasteiger partial charge in [-0.3, -0.25) is 4.79 Å². The van der Waals surface area contributed by atoms with Crippen molar-refractivity contribution in [2.45, 2.75) is 5.92 Å². The van der Waals surface area contributed by atoms with Crippen LogP contribution in [0.3, 0.4) is 0 Å². The van der Waals surface area contributed by atoms with Crippen molar-refractivity contribution in [3.8, 4) is 12.1 Å². The van der Waals surface area contributed by atoms with Gasteiger partial charge in [0.15, 0.2) is 5.41 Å². The van der Waals surface area contributed by atoms with Gasteiger partial charge in [0.05, 0.1) is 18.1 Å². The Balaban J connectivity index is 2.44. The zero-order valence-electron chi connectivity index (χ0n) is 8.42. The quantitative estimate of drug-likeness (QED) is 0.788. The van der Waals surface area contributed by atoms with Crippen LogP contribution < -0.4 is 5.73 Å². The van der Waals surface area contributed by atoms with Gasteiger partial charge in [-0.15, -0.1) is 0 Å². The molecule has 0 saturated heterocycles. The number of hydrogen-bond acceptors (Lipinski definition) is 3. The van der Waals surface area contributed by atoms with Crippen LogP contribution in [0.15, 0.2) is 30.3 Å². The van der Waals surface area contributed by atoms with Crippen molar-refractivity contribution in [1.29, 1.82) is 10.5 Å². The van der Waals surface area contributed by atoms with Crippen molar-refractivity contribution in [2.24, 2.45) is 17.1 Å². The minimum Gasteiger partial charge on any atom is -0.368 e. The van der Waals surface area contributed by atoms with Crippen LogP contribution in [0.4, 0.5) is 0 Å². The maximum atomic E-state index is 11.3. The lowest BCUT2D eigenvalue weighted by molar-refractivity contribution is -0.121. The summed E-state index contributed by atoms with van der Waals surface area (Å²) in [5.41, 5.74) is 4.70. The molecule has 16 heavy (non-hydrogen) atoms. The first-order valence-corrected chi connectivity index (χ1v) is 4.84. The van der Waals surface area contributed by atoms with E-state index in [1.807, 2.05) is 30.3 Å². The predicted octanol–water partition coefficient (Wildman–Crippen LogP) is 0.919. The molecule has 1 aliphatic rings. The van der Waals surface area contributed by atoms with Gasteiger partial charge in [-0.05, 0) is 5.56 Å². The second-order valence-electron chi connectivity index (χ2n) is 3.84. The van der Waals surface area contributed by atoms with Crippen LogP contribution in [0.5, 0.6) is 0 Å². The molecule has 0 aliphatic heterocycles. The topological polar surface area (TPSA) is 90.7 Å². The maximum absolute atomic E-state index is 11.3. The van der Waals surface area contributed by atoms with E-state index in [0.717, 1.165) is 5.56 Å². The number of nitrogens with two attached hydrogens (primary N) is 1. The van der Waals surface area contributed by atoms with Crippen LogP contribution in [0.1, 0.15) is 11.5 Å².